The molecule has 1 atom stereocenters. The lowest BCUT2D eigenvalue weighted by molar-refractivity contribution is -0.385. The second-order valence-electron chi connectivity index (χ2n) is 5.13. The van der Waals surface area contributed by atoms with Gasteiger partial charge in [-0.25, -0.2) is 8.42 Å². The number of hydrogen-bond acceptors (Lipinski definition) is 5. The van der Waals surface area contributed by atoms with Crippen LogP contribution in [0.3, 0.4) is 0 Å². The summed E-state index contributed by atoms with van der Waals surface area (Å²) in [5.74, 6) is -1.98. The minimum Gasteiger partial charge on any atom is -0.481 e. The van der Waals surface area contributed by atoms with E-state index in [0.29, 0.717) is 0 Å². The molecule has 1 aromatic carbocycles. The van der Waals surface area contributed by atoms with E-state index in [9.17, 15) is 28.4 Å². The molecule has 0 amide bonds. The number of nitro benzene ring substituents is 1. The number of carboxylic acids is 1. The van der Waals surface area contributed by atoms with Crippen LogP contribution >= 0.6 is 11.6 Å². The molecule has 114 valence electrons. The van der Waals surface area contributed by atoms with Gasteiger partial charge in [0, 0.05) is 16.7 Å². The fraction of sp³-hybridized carbons (Fsp3) is 0.417. The van der Waals surface area contributed by atoms with E-state index in [2.05, 4.69) is 0 Å². The van der Waals surface area contributed by atoms with E-state index in [-0.39, 0.29) is 34.9 Å². The fourth-order valence-corrected chi connectivity index (χ4v) is 4.75. The molecule has 9 heteroatoms. The molecule has 1 N–H and O–H groups in total. The maximum absolute atomic E-state index is 11.6. The first-order valence-electron chi connectivity index (χ1n) is 6.02. The van der Waals surface area contributed by atoms with E-state index in [4.69, 9.17) is 11.6 Å². The second kappa shape index (κ2) is 5.27. The molecule has 0 radical (unpaired) electrons. The summed E-state index contributed by atoms with van der Waals surface area (Å²) in [7, 11) is -3.44. The Bertz CT molecular complexity index is 716. The third-order valence-electron chi connectivity index (χ3n) is 3.61. The molecule has 1 aliphatic heterocycles. The molecule has 21 heavy (non-hydrogen) atoms. The molecule has 0 aliphatic carbocycles. The van der Waals surface area contributed by atoms with E-state index in [0.717, 1.165) is 6.07 Å². The molecule has 1 aromatic rings. The highest BCUT2D eigenvalue weighted by atomic mass is 35.5. The zero-order valence-electron chi connectivity index (χ0n) is 10.8. The summed E-state index contributed by atoms with van der Waals surface area (Å²) in [6, 6.07) is 3.93. The first-order valence-corrected chi connectivity index (χ1v) is 8.22. The average Bonchev–Trinajstić information content (AvgIpc) is 2.68. The van der Waals surface area contributed by atoms with Crippen LogP contribution in [0.15, 0.2) is 18.2 Å². The number of aliphatic carboxylic acids is 1. The van der Waals surface area contributed by atoms with Gasteiger partial charge in [0.05, 0.1) is 21.8 Å². The van der Waals surface area contributed by atoms with Gasteiger partial charge in [0.25, 0.3) is 5.69 Å². The van der Waals surface area contributed by atoms with Gasteiger partial charge in [-0.1, -0.05) is 17.7 Å². The number of carbonyl (C=O) groups is 1. The monoisotopic (exact) mass is 333 g/mol. The Balaban J connectivity index is 2.44. The number of halogens is 1. The van der Waals surface area contributed by atoms with E-state index in [1.807, 2.05) is 0 Å². The van der Waals surface area contributed by atoms with Crippen LogP contribution < -0.4 is 0 Å². The number of nitrogens with zero attached hydrogens (tertiary/aromatic N) is 1. The SMILES string of the molecule is O=C(O)C1(Cc2ccc(Cl)cc2[N+](=O)[O-])CCS(=O)(=O)C1. The zero-order valence-corrected chi connectivity index (χ0v) is 12.4. The third-order valence-corrected chi connectivity index (χ3v) is 5.67. The molecule has 0 bridgehead atoms. The van der Waals surface area contributed by atoms with Gasteiger partial charge < -0.3 is 5.11 Å². The summed E-state index contributed by atoms with van der Waals surface area (Å²) in [5.41, 5.74) is -1.64. The highest BCUT2D eigenvalue weighted by Gasteiger charge is 2.49. The molecule has 1 fully saturated rings. The molecule has 0 aromatic heterocycles. The van der Waals surface area contributed by atoms with Gasteiger partial charge in [-0.3, -0.25) is 14.9 Å². The van der Waals surface area contributed by atoms with Crippen LogP contribution in [-0.4, -0.2) is 35.9 Å². The Morgan fingerprint density at radius 2 is 2.14 bits per heavy atom. The van der Waals surface area contributed by atoms with Crippen molar-refractivity contribution in [2.75, 3.05) is 11.5 Å². The number of benzene rings is 1. The second-order valence-corrected chi connectivity index (χ2v) is 7.75. The minimum atomic E-state index is -3.44. The molecule has 1 saturated heterocycles. The predicted molar refractivity (Wildman–Crippen MR) is 75.2 cm³/mol. The number of hydrogen-bond donors (Lipinski definition) is 1. The van der Waals surface area contributed by atoms with Gasteiger partial charge in [-0.2, -0.15) is 0 Å². The van der Waals surface area contributed by atoms with Crippen molar-refractivity contribution in [2.45, 2.75) is 12.8 Å². The Labute approximate surface area is 125 Å². The fourth-order valence-electron chi connectivity index (χ4n) is 2.52. The van der Waals surface area contributed by atoms with Crippen LogP contribution in [0, 0.1) is 15.5 Å². The molecule has 1 aliphatic rings. The van der Waals surface area contributed by atoms with Gasteiger partial charge >= 0.3 is 5.97 Å². The highest BCUT2D eigenvalue weighted by molar-refractivity contribution is 7.91. The molecular formula is C12H12ClNO6S. The summed E-state index contributed by atoms with van der Waals surface area (Å²) in [6.45, 7) is 0. The molecular weight excluding hydrogens is 322 g/mol. The third kappa shape index (κ3) is 3.16. The molecule has 1 unspecified atom stereocenters. The lowest BCUT2D eigenvalue weighted by Crippen LogP contribution is -2.34. The van der Waals surface area contributed by atoms with Crippen LogP contribution in [0.5, 0.6) is 0 Å². The largest absolute Gasteiger partial charge is 0.481 e. The lowest BCUT2D eigenvalue weighted by atomic mass is 9.81. The minimum absolute atomic E-state index is 0.0511. The van der Waals surface area contributed by atoms with Gasteiger partial charge in [0.15, 0.2) is 9.84 Å². The summed E-state index contributed by atoms with van der Waals surface area (Å²) >= 11 is 5.70. The maximum Gasteiger partial charge on any atom is 0.311 e. The summed E-state index contributed by atoms with van der Waals surface area (Å²) in [6.07, 6.45) is -0.264. The van der Waals surface area contributed by atoms with Crippen LogP contribution in [-0.2, 0) is 21.1 Å². The highest BCUT2D eigenvalue weighted by Crippen LogP contribution is 2.38. The van der Waals surface area contributed by atoms with E-state index < -0.39 is 31.9 Å². The summed E-state index contributed by atoms with van der Waals surface area (Å²) in [4.78, 5) is 21.9. The van der Waals surface area contributed by atoms with E-state index >= 15 is 0 Å². The van der Waals surface area contributed by atoms with E-state index in [1.54, 1.807) is 0 Å². The lowest BCUT2D eigenvalue weighted by Gasteiger charge is -2.22. The maximum atomic E-state index is 11.6. The number of rotatable bonds is 4. The van der Waals surface area contributed by atoms with Crippen molar-refractivity contribution in [3.63, 3.8) is 0 Å². The molecule has 7 nitrogen and oxygen atoms in total. The van der Waals surface area contributed by atoms with Crippen molar-refractivity contribution >= 4 is 33.1 Å². The van der Waals surface area contributed by atoms with Crippen molar-refractivity contribution in [1.82, 2.24) is 0 Å². The molecule has 0 saturated carbocycles. The molecule has 2 rings (SSSR count). The van der Waals surface area contributed by atoms with Crippen molar-refractivity contribution in [1.29, 1.82) is 0 Å². The normalized spacial score (nSPS) is 23.9. The van der Waals surface area contributed by atoms with Gasteiger partial charge in [0.2, 0.25) is 0 Å². The number of nitro groups is 1. The first kappa shape index (κ1) is 15.7. The molecule has 1 heterocycles. The Hall–Kier alpha value is -1.67. The number of sulfone groups is 1. The van der Waals surface area contributed by atoms with Gasteiger partial charge in [-0.05, 0) is 18.9 Å². The Kier molecular flexibility index (Phi) is 3.94. The quantitative estimate of drug-likeness (QED) is 0.662. The van der Waals surface area contributed by atoms with Gasteiger partial charge in [-0.15, -0.1) is 0 Å². The summed E-state index contributed by atoms with van der Waals surface area (Å²) < 4.78 is 23.2. The first-order chi connectivity index (χ1) is 9.65. The van der Waals surface area contributed by atoms with Gasteiger partial charge in [0.1, 0.15) is 0 Å². The zero-order chi connectivity index (χ0) is 15.8. The number of carboxylic acid groups (broad SMARTS) is 1. The topological polar surface area (TPSA) is 115 Å². The Morgan fingerprint density at radius 3 is 2.62 bits per heavy atom. The van der Waals surface area contributed by atoms with Crippen LogP contribution in [0.4, 0.5) is 5.69 Å². The van der Waals surface area contributed by atoms with Crippen LogP contribution in [0.2, 0.25) is 5.02 Å². The van der Waals surface area contributed by atoms with Crippen LogP contribution in [0.25, 0.3) is 0 Å². The molecule has 0 spiro atoms. The standard InChI is InChI=1S/C12H12ClNO6S/c13-9-2-1-8(10(5-9)14(17)18)6-12(11(15)16)3-4-21(19,20)7-12/h1-2,5H,3-4,6-7H2,(H,15,16). The van der Waals surface area contributed by atoms with Crippen molar-refractivity contribution in [2.24, 2.45) is 5.41 Å². The smallest absolute Gasteiger partial charge is 0.311 e. The van der Waals surface area contributed by atoms with Crippen molar-refractivity contribution in [3.05, 3.63) is 38.9 Å². The van der Waals surface area contributed by atoms with Crippen molar-refractivity contribution < 1.29 is 23.2 Å². The predicted octanol–water partition coefficient (Wildman–Crippen LogP) is 1.68. The summed E-state index contributed by atoms with van der Waals surface area (Å²) in [5, 5.41) is 20.6. The van der Waals surface area contributed by atoms with Crippen molar-refractivity contribution in [3.8, 4) is 0 Å². The average molecular weight is 334 g/mol. The Morgan fingerprint density at radius 1 is 1.48 bits per heavy atom. The van der Waals surface area contributed by atoms with E-state index in [1.165, 1.54) is 12.1 Å². The van der Waals surface area contributed by atoms with Crippen LogP contribution in [0.1, 0.15) is 12.0 Å².